The van der Waals surface area contributed by atoms with Gasteiger partial charge in [-0.3, -0.25) is 9.59 Å². The Labute approximate surface area is 163 Å². The molecule has 9 heteroatoms. The standard InChI is InChI=1S/C19H22N2O6S/c1-12-4-5-14(10-17(12)26-3)11-18(22)27-13(2)19(23)21-15-6-8-16(9-7-15)28(20,24)25/h4-10,13H,11H2,1-3H3,(H,21,23)(H2,20,24,25). The van der Waals surface area contributed by atoms with Gasteiger partial charge in [0.05, 0.1) is 18.4 Å². The van der Waals surface area contributed by atoms with E-state index in [-0.39, 0.29) is 11.3 Å². The van der Waals surface area contributed by atoms with Gasteiger partial charge in [-0.15, -0.1) is 0 Å². The number of benzene rings is 2. The number of hydrogen-bond acceptors (Lipinski definition) is 6. The zero-order valence-corrected chi connectivity index (χ0v) is 16.6. The molecule has 2 rings (SSSR count). The Balaban J connectivity index is 1.93. The van der Waals surface area contributed by atoms with E-state index in [2.05, 4.69) is 5.32 Å². The summed E-state index contributed by atoms with van der Waals surface area (Å²) in [6, 6.07) is 10.7. The molecule has 0 aliphatic rings. The monoisotopic (exact) mass is 406 g/mol. The molecule has 28 heavy (non-hydrogen) atoms. The first-order valence-corrected chi connectivity index (χ1v) is 9.91. The number of aryl methyl sites for hydroxylation is 1. The fraction of sp³-hybridized carbons (Fsp3) is 0.263. The van der Waals surface area contributed by atoms with Gasteiger partial charge in [-0.2, -0.15) is 0 Å². The lowest BCUT2D eigenvalue weighted by molar-refractivity contribution is -0.152. The van der Waals surface area contributed by atoms with Crippen molar-refractivity contribution < 1.29 is 27.5 Å². The summed E-state index contributed by atoms with van der Waals surface area (Å²) in [5.74, 6) is -0.435. The molecule has 0 aliphatic heterocycles. The van der Waals surface area contributed by atoms with Crippen LogP contribution in [0.1, 0.15) is 18.1 Å². The van der Waals surface area contributed by atoms with E-state index in [0.717, 1.165) is 5.56 Å². The summed E-state index contributed by atoms with van der Waals surface area (Å²) in [6.45, 7) is 3.34. The minimum Gasteiger partial charge on any atom is -0.496 e. The van der Waals surface area contributed by atoms with Gasteiger partial charge in [0, 0.05) is 5.69 Å². The van der Waals surface area contributed by atoms with Gasteiger partial charge < -0.3 is 14.8 Å². The highest BCUT2D eigenvalue weighted by atomic mass is 32.2. The highest BCUT2D eigenvalue weighted by molar-refractivity contribution is 7.89. The minimum atomic E-state index is -3.81. The van der Waals surface area contributed by atoms with Crippen LogP contribution in [-0.4, -0.2) is 33.5 Å². The quantitative estimate of drug-likeness (QED) is 0.675. The highest BCUT2D eigenvalue weighted by Gasteiger charge is 2.19. The van der Waals surface area contributed by atoms with E-state index in [4.69, 9.17) is 14.6 Å². The van der Waals surface area contributed by atoms with E-state index in [0.29, 0.717) is 17.0 Å². The number of amides is 1. The average Bonchev–Trinajstić information content (AvgIpc) is 2.62. The normalized spacial score (nSPS) is 12.1. The van der Waals surface area contributed by atoms with Crippen LogP contribution in [0.5, 0.6) is 5.75 Å². The highest BCUT2D eigenvalue weighted by Crippen LogP contribution is 2.19. The van der Waals surface area contributed by atoms with Crippen molar-refractivity contribution >= 4 is 27.6 Å². The van der Waals surface area contributed by atoms with Crippen LogP contribution in [0.2, 0.25) is 0 Å². The maximum atomic E-state index is 12.2. The van der Waals surface area contributed by atoms with Gasteiger partial charge >= 0.3 is 5.97 Å². The Morgan fingerprint density at radius 2 is 1.79 bits per heavy atom. The van der Waals surface area contributed by atoms with Crippen LogP contribution in [0, 0.1) is 6.92 Å². The molecule has 1 atom stereocenters. The molecule has 0 aromatic heterocycles. The summed E-state index contributed by atoms with van der Waals surface area (Å²) in [6.07, 6.45) is -1.03. The summed E-state index contributed by atoms with van der Waals surface area (Å²) in [4.78, 5) is 24.2. The van der Waals surface area contributed by atoms with Crippen molar-refractivity contribution in [2.24, 2.45) is 5.14 Å². The molecule has 0 heterocycles. The van der Waals surface area contributed by atoms with Crippen molar-refractivity contribution in [1.82, 2.24) is 0 Å². The van der Waals surface area contributed by atoms with Crippen LogP contribution in [0.4, 0.5) is 5.69 Å². The number of methoxy groups -OCH3 is 1. The third-order valence-electron chi connectivity index (χ3n) is 3.95. The summed E-state index contributed by atoms with van der Waals surface area (Å²) >= 11 is 0. The van der Waals surface area contributed by atoms with Crippen LogP contribution in [0.3, 0.4) is 0 Å². The summed E-state index contributed by atoms with van der Waals surface area (Å²) in [5.41, 5.74) is 2.00. The van der Waals surface area contributed by atoms with Crippen LogP contribution < -0.4 is 15.2 Å². The van der Waals surface area contributed by atoms with Crippen molar-refractivity contribution in [3.8, 4) is 5.75 Å². The van der Waals surface area contributed by atoms with Gasteiger partial charge in [0.2, 0.25) is 10.0 Å². The molecule has 3 N–H and O–H groups in total. The van der Waals surface area contributed by atoms with Crippen LogP contribution in [0.15, 0.2) is 47.4 Å². The molecular weight excluding hydrogens is 384 g/mol. The molecule has 1 amide bonds. The average molecular weight is 406 g/mol. The van der Waals surface area contributed by atoms with Crippen molar-refractivity contribution in [3.05, 3.63) is 53.6 Å². The zero-order valence-electron chi connectivity index (χ0n) is 15.8. The molecule has 2 aromatic carbocycles. The topological polar surface area (TPSA) is 125 Å². The molecule has 0 radical (unpaired) electrons. The Morgan fingerprint density at radius 3 is 2.36 bits per heavy atom. The number of hydrogen-bond donors (Lipinski definition) is 2. The third-order valence-corrected chi connectivity index (χ3v) is 4.88. The Kier molecular flexibility index (Phi) is 6.76. The van der Waals surface area contributed by atoms with Crippen LogP contribution >= 0.6 is 0 Å². The summed E-state index contributed by atoms with van der Waals surface area (Å²) in [7, 11) is -2.26. The third kappa shape index (κ3) is 5.80. The summed E-state index contributed by atoms with van der Waals surface area (Å²) < 4.78 is 32.8. The van der Waals surface area contributed by atoms with Crippen LogP contribution in [-0.2, 0) is 30.8 Å². The first kappa shape index (κ1) is 21.4. The molecule has 0 saturated heterocycles. The molecule has 0 spiro atoms. The second-order valence-electron chi connectivity index (χ2n) is 6.17. The van der Waals surface area contributed by atoms with E-state index in [1.807, 2.05) is 13.0 Å². The minimum absolute atomic E-state index is 0.00266. The molecule has 0 aliphatic carbocycles. The van der Waals surface area contributed by atoms with Gasteiger partial charge in [0.15, 0.2) is 6.10 Å². The molecule has 1 unspecified atom stereocenters. The predicted molar refractivity (Wildman–Crippen MR) is 103 cm³/mol. The zero-order chi connectivity index (χ0) is 20.9. The Hall–Kier alpha value is -2.91. The largest absolute Gasteiger partial charge is 0.496 e. The van der Waals surface area contributed by atoms with Crippen molar-refractivity contribution in [2.75, 3.05) is 12.4 Å². The molecular formula is C19H22N2O6S. The van der Waals surface area contributed by atoms with Gasteiger partial charge in [-0.1, -0.05) is 12.1 Å². The number of sulfonamides is 1. The van der Waals surface area contributed by atoms with Crippen LogP contribution in [0.25, 0.3) is 0 Å². The van der Waals surface area contributed by atoms with E-state index in [1.165, 1.54) is 31.2 Å². The van der Waals surface area contributed by atoms with Crippen molar-refractivity contribution in [2.45, 2.75) is 31.3 Å². The van der Waals surface area contributed by atoms with E-state index in [9.17, 15) is 18.0 Å². The van der Waals surface area contributed by atoms with Gasteiger partial charge in [0.1, 0.15) is 5.75 Å². The second kappa shape index (κ2) is 8.85. The predicted octanol–water partition coefficient (Wildman–Crippen LogP) is 1.76. The fourth-order valence-electron chi connectivity index (χ4n) is 2.41. The van der Waals surface area contributed by atoms with Gasteiger partial charge in [0.25, 0.3) is 5.91 Å². The number of anilines is 1. The first-order valence-electron chi connectivity index (χ1n) is 8.37. The Bertz CT molecular complexity index is 970. The second-order valence-corrected chi connectivity index (χ2v) is 7.73. The number of esters is 1. The smallest absolute Gasteiger partial charge is 0.311 e. The number of primary sulfonamides is 1. The fourth-order valence-corrected chi connectivity index (χ4v) is 2.92. The molecule has 0 saturated carbocycles. The Morgan fingerprint density at radius 1 is 1.14 bits per heavy atom. The van der Waals surface area contributed by atoms with Crippen molar-refractivity contribution in [1.29, 1.82) is 0 Å². The SMILES string of the molecule is COc1cc(CC(=O)OC(C)C(=O)Nc2ccc(S(N)(=O)=O)cc2)ccc1C. The molecule has 2 aromatic rings. The maximum Gasteiger partial charge on any atom is 0.311 e. The lowest BCUT2D eigenvalue weighted by Gasteiger charge is -2.14. The number of ether oxygens (including phenoxy) is 2. The number of carbonyl (C=O) groups is 2. The molecule has 150 valence electrons. The summed E-state index contributed by atoms with van der Waals surface area (Å²) in [5, 5.41) is 7.56. The maximum absolute atomic E-state index is 12.2. The number of nitrogens with two attached hydrogens (primary N) is 1. The first-order chi connectivity index (χ1) is 13.1. The van der Waals surface area contributed by atoms with Gasteiger partial charge in [-0.05, 0) is 55.3 Å². The number of nitrogens with one attached hydrogen (secondary N) is 1. The number of carbonyl (C=O) groups excluding carboxylic acids is 2. The van der Waals surface area contributed by atoms with E-state index >= 15 is 0 Å². The van der Waals surface area contributed by atoms with Gasteiger partial charge in [-0.25, -0.2) is 13.6 Å². The molecule has 0 fully saturated rings. The molecule has 0 bridgehead atoms. The number of rotatable bonds is 7. The van der Waals surface area contributed by atoms with Crippen molar-refractivity contribution in [3.63, 3.8) is 0 Å². The lowest BCUT2D eigenvalue weighted by atomic mass is 10.1. The lowest BCUT2D eigenvalue weighted by Crippen LogP contribution is -2.30. The van der Waals surface area contributed by atoms with E-state index < -0.39 is 28.0 Å². The molecule has 8 nitrogen and oxygen atoms in total. The van der Waals surface area contributed by atoms with E-state index in [1.54, 1.807) is 19.2 Å².